The molecule has 2 N–H and O–H groups in total. The summed E-state index contributed by atoms with van der Waals surface area (Å²) >= 11 is 0. The van der Waals surface area contributed by atoms with Crippen LogP contribution in [0.4, 0.5) is 0 Å². The van der Waals surface area contributed by atoms with E-state index < -0.39 is 28.1 Å². The molecule has 0 aliphatic carbocycles. The monoisotopic (exact) mass is 600 g/mol. The van der Waals surface area contributed by atoms with Gasteiger partial charge in [-0.25, -0.2) is 8.42 Å². The molecular weight excluding hydrogens is 564 g/mol. The van der Waals surface area contributed by atoms with Crippen molar-refractivity contribution in [2.75, 3.05) is 6.61 Å². The summed E-state index contributed by atoms with van der Waals surface area (Å²) in [5, 5.41) is 2.95. The molecule has 0 unspecified atom stereocenters. The van der Waals surface area contributed by atoms with Crippen LogP contribution in [0.1, 0.15) is 35.3 Å². The van der Waals surface area contributed by atoms with Gasteiger partial charge in [-0.05, 0) is 74.2 Å². The highest BCUT2D eigenvalue weighted by atomic mass is 32.2. The zero-order chi connectivity index (χ0) is 30.7. The van der Waals surface area contributed by atoms with Gasteiger partial charge >= 0.3 is 5.97 Å². The Bertz CT molecular complexity index is 1560. The Morgan fingerprint density at radius 2 is 1.26 bits per heavy atom. The maximum atomic E-state index is 13.5. The number of esters is 1. The van der Waals surface area contributed by atoms with Gasteiger partial charge in [-0.2, -0.15) is 4.72 Å². The van der Waals surface area contributed by atoms with E-state index in [1.807, 2.05) is 80.6 Å². The Morgan fingerprint density at radius 1 is 0.721 bits per heavy atom. The van der Waals surface area contributed by atoms with E-state index in [2.05, 4.69) is 10.0 Å². The van der Waals surface area contributed by atoms with Crippen molar-refractivity contribution >= 4 is 21.9 Å². The minimum absolute atomic E-state index is 0.00783. The number of ether oxygens (including phenoxy) is 2. The predicted molar refractivity (Wildman–Crippen MR) is 165 cm³/mol. The lowest BCUT2D eigenvalue weighted by Gasteiger charge is -2.22. The van der Waals surface area contributed by atoms with E-state index in [9.17, 15) is 18.0 Å². The highest BCUT2D eigenvalue weighted by molar-refractivity contribution is 7.89. The van der Waals surface area contributed by atoms with Crippen LogP contribution in [0.15, 0.2) is 120 Å². The van der Waals surface area contributed by atoms with Gasteiger partial charge in [0.05, 0.1) is 17.0 Å². The molecule has 0 heterocycles. The lowest BCUT2D eigenvalue weighted by molar-refractivity contribution is -0.146. The molecule has 0 spiro atoms. The summed E-state index contributed by atoms with van der Waals surface area (Å²) in [6.07, 6.45) is 0.425. The molecular formula is C34H36N2O6S. The van der Waals surface area contributed by atoms with E-state index in [0.29, 0.717) is 17.7 Å². The van der Waals surface area contributed by atoms with Gasteiger partial charge in [0, 0.05) is 5.56 Å². The van der Waals surface area contributed by atoms with Crippen LogP contribution < -0.4 is 14.8 Å². The number of sulfonamides is 1. The first-order valence-corrected chi connectivity index (χ1v) is 15.6. The number of rotatable bonds is 14. The van der Waals surface area contributed by atoms with Gasteiger partial charge in [-0.3, -0.25) is 9.59 Å². The van der Waals surface area contributed by atoms with Gasteiger partial charge in [0.2, 0.25) is 10.0 Å². The lowest BCUT2D eigenvalue weighted by Crippen LogP contribution is -2.46. The lowest BCUT2D eigenvalue weighted by atomic mass is 10.1. The number of hydrogen-bond donors (Lipinski definition) is 2. The quantitative estimate of drug-likeness (QED) is 0.198. The normalized spacial score (nSPS) is 12.7. The Hall–Kier alpha value is -4.47. The van der Waals surface area contributed by atoms with Crippen molar-refractivity contribution in [2.24, 2.45) is 0 Å². The van der Waals surface area contributed by atoms with Crippen LogP contribution in [0, 0.1) is 0 Å². The average Bonchev–Trinajstić information content (AvgIpc) is 3.00. The van der Waals surface area contributed by atoms with E-state index in [-0.39, 0.29) is 29.9 Å². The molecule has 1 amide bonds. The van der Waals surface area contributed by atoms with E-state index in [4.69, 9.17) is 9.47 Å². The van der Waals surface area contributed by atoms with Crippen molar-refractivity contribution in [3.63, 3.8) is 0 Å². The standard InChI is InChI=1S/C34H36N2O6S/c1-25(2)42-30-18-20-31(21-19-30)43(39,40)36-32(23-27-14-8-4-9-15-27)34(38)41-24-29(22-26-12-6-3-7-13-26)35-33(37)28-16-10-5-11-17-28/h3-21,25,29,32,36H,22-24H2,1-2H3,(H,35,37)/t29-,32+/m1/s1. The summed E-state index contributed by atoms with van der Waals surface area (Å²) in [5.74, 6) is -0.514. The molecule has 0 radical (unpaired) electrons. The number of nitrogens with one attached hydrogen (secondary N) is 2. The summed E-state index contributed by atoms with van der Waals surface area (Å²) < 4.78 is 40.5. The SMILES string of the molecule is CC(C)Oc1ccc(S(=O)(=O)N[C@@H](Cc2ccccc2)C(=O)OC[C@@H](Cc2ccccc2)NC(=O)c2ccccc2)cc1. The topological polar surface area (TPSA) is 111 Å². The van der Waals surface area contributed by atoms with Crippen molar-refractivity contribution in [2.45, 2.75) is 49.8 Å². The molecule has 4 rings (SSSR count). The molecule has 4 aromatic carbocycles. The van der Waals surface area contributed by atoms with Crippen molar-refractivity contribution in [3.05, 3.63) is 132 Å². The van der Waals surface area contributed by atoms with Crippen LogP contribution in [0.25, 0.3) is 0 Å². The maximum Gasteiger partial charge on any atom is 0.324 e. The highest BCUT2D eigenvalue weighted by Gasteiger charge is 2.28. The molecule has 43 heavy (non-hydrogen) atoms. The van der Waals surface area contributed by atoms with E-state index in [1.165, 1.54) is 12.1 Å². The minimum atomic E-state index is -4.09. The van der Waals surface area contributed by atoms with Crippen LogP contribution in [-0.4, -0.2) is 45.1 Å². The molecule has 4 aromatic rings. The van der Waals surface area contributed by atoms with Crippen molar-refractivity contribution in [1.29, 1.82) is 0 Å². The molecule has 2 atom stereocenters. The molecule has 0 bridgehead atoms. The summed E-state index contributed by atoms with van der Waals surface area (Å²) in [7, 11) is -4.09. The van der Waals surface area contributed by atoms with Crippen molar-refractivity contribution < 1.29 is 27.5 Å². The maximum absolute atomic E-state index is 13.5. The molecule has 0 fully saturated rings. The van der Waals surface area contributed by atoms with Gasteiger partial charge in [0.15, 0.2) is 0 Å². The molecule has 0 saturated carbocycles. The van der Waals surface area contributed by atoms with Gasteiger partial charge < -0.3 is 14.8 Å². The summed E-state index contributed by atoms with van der Waals surface area (Å²) in [4.78, 5) is 26.4. The van der Waals surface area contributed by atoms with Crippen LogP contribution in [-0.2, 0) is 32.4 Å². The van der Waals surface area contributed by atoms with Crippen molar-refractivity contribution in [1.82, 2.24) is 10.0 Å². The fraction of sp³-hybridized carbons (Fsp3) is 0.235. The number of benzene rings is 4. The first-order valence-electron chi connectivity index (χ1n) is 14.1. The number of amides is 1. The zero-order valence-corrected chi connectivity index (χ0v) is 25.0. The number of hydrogen-bond acceptors (Lipinski definition) is 6. The Kier molecular flexibility index (Phi) is 11.1. The third kappa shape index (κ3) is 9.80. The molecule has 224 valence electrons. The molecule has 0 aliphatic heterocycles. The van der Waals surface area contributed by atoms with Crippen LogP contribution in [0.2, 0.25) is 0 Å². The highest BCUT2D eigenvalue weighted by Crippen LogP contribution is 2.18. The average molecular weight is 601 g/mol. The fourth-order valence-corrected chi connectivity index (χ4v) is 5.62. The van der Waals surface area contributed by atoms with Crippen LogP contribution >= 0.6 is 0 Å². The minimum Gasteiger partial charge on any atom is -0.491 e. The second-order valence-electron chi connectivity index (χ2n) is 10.4. The van der Waals surface area contributed by atoms with Gasteiger partial charge in [-0.1, -0.05) is 78.9 Å². The summed E-state index contributed by atoms with van der Waals surface area (Å²) in [5.41, 5.74) is 2.18. The van der Waals surface area contributed by atoms with Gasteiger partial charge in [0.25, 0.3) is 5.91 Å². The third-order valence-electron chi connectivity index (χ3n) is 6.49. The van der Waals surface area contributed by atoms with Gasteiger partial charge in [0.1, 0.15) is 18.4 Å². The van der Waals surface area contributed by atoms with Crippen LogP contribution in [0.3, 0.4) is 0 Å². The second-order valence-corrected chi connectivity index (χ2v) is 12.1. The smallest absolute Gasteiger partial charge is 0.324 e. The van der Waals surface area contributed by atoms with E-state index in [1.54, 1.807) is 36.4 Å². The first kappa shape index (κ1) is 31.5. The molecule has 8 nitrogen and oxygen atoms in total. The molecule has 0 aliphatic rings. The number of carbonyl (C=O) groups excluding carboxylic acids is 2. The van der Waals surface area contributed by atoms with E-state index >= 15 is 0 Å². The fourth-order valence-electron chi connectivity index (χ4n) is 4.44. The Morgan fingerprint density at radius 3 is 1.81 bits per heavy atom. The van der Waals surface area contributed by atoms with E-state index in [0.717, 1.165) is 11.1 Å². The Labute approximate surface area is 253 Å². The van der Waals surface area contributed by atoms with Crippen molar-refractivity contribution in [3.8, 4) is 5.75 Å². The molecule has 0 aromatic heterocycles. The predicted octanol–water partition coefficient (Wildman–Crippen LogP) is 4.95. The molecule has 0 saturated heterocycles. The second kappa shape index (κ2) is 15.1. The van der Waals surface area contributed by atoms with Gasteiger partial charge in [-0.15, -0.1) is 0 Å². The van der Waals surface area contributed by atoms with Crippen LogP contribution in [0.5, 0.6) is 5.75 Å². The Balaban J connectivity index is 1.51. The summed E-state index contributed by atoms with van der Waals surface area (Å²) in [6.45, 7) is 3.60. The molecule has 9 heteroatoms. The summed E-state index contributed by atoms with van der Waals surface area (Å²) in [6, 6.07) is 31.6. The number of carbonyl (C=O) groups is 2. The third-order valence-corrected chi connectivity index (χ3v) is 7.98. The zero-order valence-electron chi connectivity index (χ0n) is 24.2. The largest absolute Gasteiger partial charge is 0.491 e. The first-order chi connectivity index (χ1) is 20.7.